The van der Waals surface area contributed by atoms with Crippen LogP contribution in [0.2, 0.25) is 0 Å². The first-order chi connectivity index (χ1) is 18.4. The Kier molecular flexibility index (Phi) is 7.73. The second kappa shape index (κ2) is 11.2. The second-order valence-corrected chi connectivity index (χ2v) is 10.9. The molecule has 1 N–H and O–H groups in total. The van der Waals surface area contributed by atoms with Crippen molar-refractivity contribution in [2.24, 2.45) is 5.92 Å². The summed E-state index contributed by atoms with van der Waals surface area (Å²) in [5, 5.41) is 9.49. The maximum absolute atomic E-state index is 15.5. The Morgan fingerprint density at radius 2 is 1.87 bits per heavy atom. The van der Waals surface area contributed by atoms with Gasteiger partial charge in [0.05, 0.1) is 13.5 Å². The highest BCUT2D eigenvalue weighted by Crippen LogP contribution is 2.44. The van der Waals surface area contributed by atoms with Crippen molar-refractivity contribution < 1.29 is 23.8 Å². The van der Waals surface area contributed by atoms with Crippen LogP contribution in [0.4, 0.5) is 4.39 Å². The van der Waals surface area contributed by atoms with E-state index in [1.807, 2.05) is 31.2 Å². The monoisotopic (exact) mass is 516 g/mol. The number of fused-ring (bicyclic) bond motifs is 1. The largest absolute Gasteiger partial charge is 0.497 e. The lowest BCUT2D eigenvalue weighted by atomic mass is 9.71. The molecule has 3 atom stereocenters. The molecule has 3 unspecified atom stereocenters. The molecule has 0 spiro atoms. The molecule has 0 aromatic heterocycles. The summed E-state index contributed by atoms with van der Waals surface area (Å²) in [7, 11) is 1.61. The number of hydrogen-bond donors (Lipinski definition) is 1. The molecule has 0 amide bonds. The van der Waals surface area contributed by atoms with Crippen LogP contribution in [0.3, 0.4) is 0 Å². The fourth-order valence-electron chi connectivity index (χ4n) is 5.84. The van der Waals surface area contributed by atoms with Crippen LogP contribution < -0.4 is 9.47 Å². The maximum atomic E-state index is 15.5. The van der Waals surface area contributed by atoms with Crippen LogP contribution in [0, 0.1) is 11.7 Å². The highest BCUT2D eigenvalue weighted by molar-refractivity contribution is 5.69. The van der Waals surface area contributed by atoms with Gasteiger partial charge in [-0.15, -0.1) is 0 Å². The number of carboxylic acid groups (broad SMARTS) is 1. The second-order valence-electron chi connectivity index (χ2n) is 10.9. The van der Waals surface area contributed by atoms with Crippen molar-refractivity contribution in [2.75, 3.05) is 7.11 Å². The number of hydrogen-bond acceptors (Lipinski definition) is 3. The standard InChI is InChI=1S/C33H37FO4/c1-4-20(2)27-17-26(37-3)18-29(33(27)34)22-8-10-23(11-9-22)30-15-14-24-12-13-25(16-31(24)38-30)28(19-32(35)36)21-6-5-7-21/h8-13,16-18,20-21,28,30H,4-7,14-15,19H2,1-3H3,(H,35,36). The molecule has 1 saturated carbocycles. The van der Waals surface area contributed by atoms with Crippen LogP contribution in [0.25, 0.3) is 11.1 Å². The molecular weight excluding hydrogens is 479 g/mol. The van der Waals surface area contributed by atoms with Gasteiger partial charge in [0.1, 0.15) is 23.4 Å². The van der Waals surface area contributed by atoms with Crippen molar-refractivity contribution in [3.63, 3.8) is 0 Å². The van der Waals surface area contributed by atoms with Crippen LogP contribution >= 0.6 is 0 Å². The maximum Gasteiger partial charge on any atom is 0.303 e. The molecule has 0 bridgehead atoms. The number of carboxylic acids is 1. The van der Waals surface area contributed by atoms with Gasteiger partial charge in [0.15, 0.2) is 0 Å². The molecule has 38 heavy (non-hydrogen) atoms. The van der Waals surface area contributed by atoms with Crippen LogP contribution in [0.1, 0.15) is 92.6 Å². The Morgan fingerprint density at radius 1 is 1.11 bits per heavy atom. The minimum atomic E-state index is -0.748. The van der Waals surface area contributed by atoms with Crippen molar-refractivity contribution >= 4 is 5.97 Å². The predicted molar refractivity (Wildman–Crippen MR) is 148 cm³/mol. The SMILES string of the molecule is CCC(C)c1cc(OC)cc(-c2ccc(C3CCc4ccc(C(CC(=O)O)C5CCC5)cc4O3)cc2)c1F. The molecule has 4 nitrogen and oxygen atoms in total. The zero-order chi connectivity index (χ0) is 26.8. The van der Waals surface area contributed by atoms with Gasteiger partial charge in [-0.1, -0.05) is 56.7 Å². The number of rotatable bonds is 9. The first kappa shape index (κ1) is 26.3. The van der Waals surface area contributed by atoms with Gasteiger partial charge in [-0.2, -0.15) is 0 Å². The summed E-state index contributed by atoms with van der Waals surface area (Å²) >= 11 is 0. The summed E-state index contributed by atoms with van der Waals surface area (Å²) in [5.74, 6) is 1.15. The van der Waals surface area contributed by atoms with Crippen molar-refractivity contribution in [2.45, 2.75) is 76.7 Å². The molecule has 1 heterocycles. The molecule has 5 heteroatoms. The fraction of sp³-hybridized carbons (Fsp3) is 0.424. The molecule has 1 aliphatic heterocycles. The van der Waals surface area contributed by atoms with E-state index in [4.69, 9.17) is 9.47 Å². The number of halogens is 1. The highest BCUT2D eigenvalue weighted by Gasteiger charge is 2.31. The van der Waals surface area contributed by atoms with Gasteiger partial charge in [0.2, 0.25) is 0 Å². The topological polar surface area (TPSA) is 55.8 Å². The lowest BCUT2D eigenvalue weighted by Gasteiger charge is -2.34. The Morgan fingerprint density at radius 3 is 2.50 bits per heavy atom. The van der Waals surface area contributed by atoms with E-state index in [9.17, 15) is 9.90 Å². The van der Waals surface area contributed by atoms with Crippen molar-refractivity contribution in [1.29, 1.82) is 0 Å². The first-order valence-electron chi connectivity index (χ1n) is 13.9. The van der Waals surface area contributed by atoms with E-state index in [1.54, 1.807) is 19.2 Å². The van der Waals surface area contributed by atoms with E-state index in [1.165, 1.54) is 12.0 Å². The number of carbonyl (C=O) groups is 1. The van der Waals surface area contributed by atoms with Crippen LogP contribution in [-0.4, -0.2) is 18.2 Å². The molecule has 0 saturated heterocycles. The van der Waals surface area contributed by atoms with E-state index >= 15 is 4.39 Å². The molecule has 0 radical (unpaired) electrons. The lowest BCUT2D eigenvalue weighted by Crippen LogP contribution is -2.23. The van der Waals surface area contributed by atoms with E-state index in [-0.39, 0.29) is 30.2 Å². The van der Waals surface area contributed by atoms with Gasteiger partial charge >= 0.3 is 5.97 Å². The van der Waals surface area contributed by atoms with Crippen molar-refractivity contribution in [3.8, 4) is 22.6 Å². The van der Waals surface area contributed by atoms with E-state index in [0.717, 1.165) is 54.5 Å². The summed E-state index contributed by atoms with van der Waals surface area (Å²) in [6.45, 7) is 4.09. The lowest BCUT2D eigenvalue weighted by molar-refractivity contribution is -0.138. The van der Waals surface area contributed by atoms with Gasteiger partial charge in [0.25, 0.3) is 0 Å². The molecule has 200 valence electrons. The molecule has 1 aliphatic carbocycles. The van der Waals surface area contributed by atoms with Gasteiger partial charge in [-0.05, 0) is 95.9 Å². The summed E-state index contributed by atoms with van der Waals surface area (Å²) in [6.07, 6.45) is 6.04. The molecule has 5 rings (SSSR count). The minimum absolute atomic E-state index is 0.0351. The van der Waals surface area contributed by atoms with Gasteiger partial charge in [-0.3, -0.25) is 4.79 Å². The zero-order valence-corrected chi connectivity index (χ0v) is 22.5. The Hall–Kier alpha value is -3.34. The fourth-order valence-corrected chi connectivity index (χ4v) is 5.84. The third-order valence-electron chi connectivity index (χ3n) is 8.62. The average Bonchev–Trinajstić information content (AvgIpc) is 2.90. The number of aliphatic carboxylic acids is 1. The molecular formula is C33H37FO4. The molecule has 3 aromatic carbocycles. The highest BCUT2D eigenvalue weighted by atomic mass is 19.1. The van der Waals surface area contributed by atoms with E-state index in [0.29, 0.717) is 22.8 Å². The quantitative estimate of drug-likeness (QED) is 0.310. The van der Waals surface area contributed by atoms with Crippen molar-refractivity contribution in [3.05, 3.63) is 82.7 Å². The Balaban J connectivity index is 1.38. The zero-order valence-electron chi connectivity index (χ0n) is 22.5. The van der Waals surface area contributed by atoms with Crippen molar-refractivity contribution in [1.82, 2.24) is 0 Å². The van der Waals surface area contributed by atoms with Crippen LogP contribution in [-0.2, 0) is 11.2 Å². The third-order valence-corrected chi connectivity index (χ3v) is 8.62. The Labute approximate surface area is 224 Å². The number of ether oxygens (including phenoxy) is 2. The summed E-state index contributed by atoms with van der Waals surface area (Å²) < 4.78 is 27.4. The average molecular weight is 517 g/mol. The molecule has 3 aromatic rings. The van der Waals surface area contributed by atoms with Gasteiger partial charge in [-0.25, -0.2) is 4.39 Å². The molecule has 1 fully saturated rings. The number of aryl methyl sites for hydroxylation is 1. The normalized spacial score (nSPS) is 18.6. The number of benzene rings is 3. The third kappa shape index (κ3) is 5.29. The van der Waals surface area contributed by atoms with Gasteiger partial charge in [0, 0.05) is 5.56 Å². The van der Waals surface area contributed by atoms with E-state index in [2.05, 4.69) is 25.1 Å². The van der Waals surface area contributed by atoms with Crippen LogP contribution in [0.5, 0.6) is 11.5 Å². The summed E-state index contributed by atoms with van der Waals surface area (Å²) in [4.78, 5) is 11.5. The molecule has 2 aliphatic rings. The Bertz CT molecular complexity index is 1300. The summed E-state index contributed by atoms with van der Waals surface area (Å²) in [6, 6.07) is 17.8. The van der Waals surface area contributed by atoms with Gasteiger partial charge < -0.3 is 14.6 Å². The first-order valence-corrected chi connectivity index (χ1v) is 13.9. The van der Waals surface area contributed by atoms with E-state index < -0.39 is 5.97 Å². The van der Waals surface area contributed by atoms with Crippen LogP contribution in [0.15, 0.2) is 54.6 Å². The number of methoxy groups -OCH3 is 1. The summed E-state index contributed by atoms with van der Waals surface area (Å²) in [5.41, 5.74) is 5.32. The predicted octanol–water partition coefficient (Wildman–Crippen LogP) is 8.44. The smallest absolute Gasteiger partial charge is 0.303 e. The minimum Gasteiger partial charge on any atom is -0.497 e.